The number of carbonyl (C=O) groups excluding carboxylic acids is 2. The predicted octanol–water partition coefficient (Wildman–Crippen LogP) is 1.90. The maximum atomic E-state index is 12.8. The maximum Gasteiger partial charge on any atom is 0.333 e. The monoisotopic (exact) mass is 329 g/mol. The average Bonchev–Trinajstić information content (AvgIpc) is 3.06. The number of ether oxygens (including phenoxy) is 1. The first-order valence-electron chi connectivity index (χ1n) is 7.53. The van der Waals surface area contributed by atoms with Crippen molar-refractivity contribution in [1.82, 2.24) is 15.1 Å². The lowest BCUT2D eigenvalue weighted by molar-refractivity contribution is -0.145. The van der Waals surface area contributed by atoms with Crippen LogP contribution in [0.3, 0.4) is 0 Å². The zero-order valence-corrected chi connectivity index (χ0v) is 13.4. The van der Waals surface area contributed by atoms with Crippen LogP contribution in [0.15, 0.2) is 0 Å². The van der Waals surface area contributed by atoms with Gasteiger partial charge in [-0.2, -0.15) is 13.9 Å². The minimum atomic E-state index is -2.72. The van der Waals surface area contributed by atoms with Crippen LogP contribution >= 0.6 is 0 Å². The van der Waals surface area contributed by atoms with Crippen LogP contribution in [0, 0.1) is 19.8 Å². The van der Waals surface area contributed by atoms with Crippen molar-refractivity contribution in [2.24, 2.45) is 5.92 Å². The lowest BCUT2D eigenvalue weighted by Gasteiger charge is -2.13. The van der Waals surface area contributed by atoms with Crippen LogP contribution in [0.4, 0.5) is 8.78 Å². The summed E-state index contributed by atoms with van der Waals surface area (Å²) < 4.78 is 30.9. The SMILES string of the molecule is COC(=O)[C@@H]1CC[C@@H](NC(=O)Cc2c(C)nn(C(F)F)c2C)C1. The van der Waals surface area contributed by atoms with Crippen molar-refractivity contribution >= 4 is 11.9 Å². The predicted molar refractivity (Wildman–Crippen MR) is 77.9 cm³/mol. The molecule has 1 saturated carbocycles. The minimum Gasteiger partial charge on any atom is -0.469 e. The summed E-state index contributed by atoms with van der Waals surface area (Å²) in [5.74, 6) is -0.692. The summed E-state index contributed by atoms with van der Waals surface area (Å²) in [6.07, 6.45) is 1.94. The number of rotatable bonds is 5. The molecule has 0 saturated heterocycles. The van der Waals surface area contributed by atoms with Gasteiger partial charge in [0.25, 0.3) is 0 Å². The molecule has 128 valence electrons. The van der Waals surface area contributed by atoms with Crippen molar-refractivity contribution in [2.45, 2.75) is 52.1 Å². The Hall–Kier alpha value is -1.99. The maximum absolute atomic E-state index is 12.8. The Morgan fingerprint density at radius 1 is 1.39 bits per heavy atom. The number of esters is 1. The molecule has 0 aromatic carbocycles. The summed E-state index contributed by atoms with van der Waals surface area (Å²) in [6, 6.07) is -0.0858. The Balaban J connectivity index is 1.95. The number of amides is 1. The Morgan fingerprint density at radius 3 is 2.65 bits per heavy atom. The number of alkyl halides is 2. The molecule has 6 nitrogen and oxygen atoms in total. The molecule has 1 heterocycles. The van der Waals surface area contributed by atoms with Gasteiger partial charge in [-0.25, -0.2) is 4.68 Å². The molecule has 0 bridgehead atoms. The van der Waals surface area contributed by atoms with Crippen molar-refractivity contribution in [3.63, 3.8) is 0 Å². The molecule has 8 heteroatoms. The first kappa shape index (κ1) is 17.4. The topological polar surface area (TPSA) is 73.2 Å². The number of hydrogen-bond acceptors (Lipinski definition) is 4. The smallest absolute Gasteiger partial charge is 0.333 e. The fourth-order valence-corrected chi connectivity index (χ4v) is 3.08. The van der Waals surface area contributed by atoms with Gasteiger partial charge in [-0.3, -0.25) is 9.59 Å². The van der Waals surface area contributed by atoms with E-state index >= 15 is 0 Å². The fraction of sp³-hybridized carbons (Fsp3) is 0.667. The third kappa shape index (κ3) is 3.86. The van der Waals surface area contributed by atoms with E-state index in [0.717, 1.165) is 0 Å². The number of hydrogen-bond donors (Lipinski definition) is 1. The molecule has 23 heavy (non-hydrogen) atoms. The molecule has 0 unspecified atom stereocenters. The second-order valence-electron chi connectivity index (χ2n) is 5.85. The highest BCUT2D eigenvalue weighted by molar-refractivity contribution is 5.79. The Kier molecular flexibility index (Phi) is 5.33. The highest BCUT2D eigenvalue weighted by Crippen LogP contribution is 2.27. The Morgan fingerprint density at radius 2 is 2.09 bits per heavy atom. The largest absolute Gasteiger partial charge is 0.469 e. The third-order valence-electron chi connectivity index (χ3n) is 4.33. The van der Waals surface area contributed by atoms with E-state index in [1.807, 2.05) is 0 Å². The zero-order chi connectivity index (χ0) is 17.1. The van der Waals surface area contributed by atoms with Crippen molar-refractivity contribution in [2.75, 3.05) is 7.11 Å². The van der Waals surface area contributed by atoms with Crippen LogP contribution in [0.2, 0.25) is 0 Å². The summed E-state index contributed by atoms with van der Waals surface area (Å²) in [4.78, 5) is 23.6. The fourth-order valence-electron chi connectivity index (χ4n) is 3.08. The van der Waals surface area contributed by atoms with Crippen molar-refractivity contribution in [3.8, 4) is 0 Å². The Labute approximate surface area is 133 Å². The summed E-state index contributed by atoms with van der Waals surface area (Å²) in [5.41, 5.74) is 1.24. The molecule has 1 N–H and O–H groups in total. The van der Waals surface area contributed by atoms with Crippen molar-refractivity contribution in [3.05, 3.63) is 17.0 Å². The number of nitrogens with zero attached hydrogens (tertiary/aromatic N) is 2. The van der Waals surface area contributed by atoms with E-state index in [9.17, 15) is 18.4 Å². The molecule has 1 aliphatic rings. The summed E-state index contributed by atoms with van der Waals surface area (Å²) in [6.45, 7) is 0.413. The molecule has 1 aliphatic carbocycles. The van der Waals surface area contributed by atoms with Gasteiger partial charge in [0.15, 0.2) is 0 Å². The molecule has 1 amide bonds. The van der Waals surface area contributed by atoms with Gasteiger partial charge >= 0.3 is 12.5 Å². The van der Waals surface area contributed by atoms with E-state index in [-0.39, 0.29) is 30.3 Å². The summed E-state index contributed by atoms with van der Waals surface area (Å²) in [7, 11) is 1.35. The van der Waals surface area contributed by atoms with Crippen LogP contribution in [0.5, 0.6) is 0 Å². The third-order valence-corrected chi connectivity index (χ3v) is 4.33. The van der Waals surface area contributed by atoms with Crippen LogP contribution in [-0.2, 0) is 20.7 Å². The quantitative estimate of drug-likeness (QED) is 0.837. The summed E-state index contributed by atoms with van der Waals surface area (Å²) in [5, 5.41) is 6.62. The van der Waals surface area contributed by atoms with E-state index in [1.165, 1.54) is 14.0 Å². The molecule has 1 fully saturated rings. The zero-order valence-electron chi connectivity index (χ0n) is 13.4. The van der Waals surface area contributed by atoms with Gasteiger partial charge in [-0.05, 0) is 33.1 Å². The highest BCUT2D eigenvalue weighted by Gasteiger charge is 2.31. The number of methoxy groups -OCH3 is 1. The molecular weight excluding hydrogens is 308 g/mol. The number of carbonyl (C=O) groups is 2. The molecule has 1 aromatic rings. The standard InChI is InChI=1S/C15H21F2N3O3/c1-8-12(9(2)20(19-8)15(16)17)7-13(21)18-11-5-4-10(6-11)14(22)23-3/h10-11,15H,4-7H2,1-3H3,(H,18,21)/t10-,11-/m1/s1. The van der Waals surface area contributed by atoms with Crippen LogP contribution < -0.4 is 5.32 Å². The van der Waals surface area contributed by atoms with Gasteiger partial charge in [0.1, 0.15) is 0 Å². The van der Waals surface area contributed by atoms with E-state index in [1.54, 1.807) is 6.92 Å². The van der Waals surface area contributed by atoms with Crippen LogP contribution in [-0.4, -0.2) is 34.8 Å². The van der Waals surface area contributed by atoms with E-state index < -0.39 is 6.55 Å². The normalized spacial score (nSPS) is 20.8. The van der Waals surface area contributed by atoms with Gasteiger partial charge in [-0.1, -0.05) is 0 Å². The minimum absolute atomic E-state index is 0.00375. The van der Waals surface area contributed by atoms with Crippen LogP contribution in [0.1, 0.15) is 42.8 Å². The van der Waals surface area contributed by atoms with E-state index in [4.69, 9.17) is 4.74 Å². The number of aromatic nitrogens is 2. The van der Waals surface area contributed by atoms with Gasteiger partial charge in [0.2, 0.25) is 5.91 Å². The lowest BCUT2D eigenvalue weighted by Crippen LogP contribution is -2.34. The van der Waals surface area contributed by atoms with Gasteiger partial charge < -0.3 is 10.1 Å². The molecular formula is C15H21F2N3O3. The molecule has 2 atom stereocenters. The molecule has 1 aromatic heterocycles. The number of nitrogens with one attached hydrogen (secondary N) is 1. The lowest BCUT2D eigenvalue weighted by atomic mass is 10.1. The highest BCUT2D eigenvalue weighted by atomic mass is 19.3. The number of aryl methyl sites for hydroxylation is 1. The van der Waals surface area contributed by atoms with E-state index in [0.29, 0.717) is 40.9 Å². The van der Waals surface area contributed by atoms with Gasteiger partial charge in [-0.15, -0.1) is 0 Å². The van der Waals surface area contributed by atoms with Crippen molar-refractivity contribution in [1.29, 1.82) is 0 Å². The molecule has 0 spiro atoms. The first-order valence-corrected chi connectivity index (χ1v) is 7.53. The molecule has 0 aliphatic heterocycles. The van der Waals surface area contributed by atoms with Crippen LogP contribution in [0.25, 0.3) is 0 Å². The number of halogens is 2. The summed E-state index contributed by atoms with van der Waals surface area (Å²) >= 11 is 0. The first-order chi connectivity index (χ1) is 10.8. The van der Waals surface area contributed by atoms with Crippen molar-refractivity contribution < 1.29 is 23.1 Å². The van der Waals surface area contributed by atoms with Gasteiger partial charge in [0.05, 0.1) is 25.1 Å². The average molecular weight is 329 g/mol. The Bertz CT molecular complexity index is 601. The second-order valence-corrected chi connectivity index (χ2v) is 5.85. The second kappa shape index (κ2) is 7.06. The van der Waals surface area contributed by atoms with E-state index in [2.05, 4.69) is 10.4 Å². The van der Waals surface area contributed by atoms with Gasteiger partial charge in [0, 0.05) is 17.3 Å². The molecule has 0 radical (unpaired) electrons. The molecule has 2 rings (SSSR count).